The molecule has 0 aromatic carbocycles. The highest BCUT2D eigenvalue weighted by Gasteiger charge is 2.07. The van der Waals surface area contributed by atoms with Crippen molar-refractivity contribution in [1.29, 1.82) is 0 Å². The predicted octanol–water partition coefficient (Wildman–Crippen LogP) is 4.46. The summed E-state index contributed by atoms with van der Waals surface area (Å²) in [7, 11) is 0. The summed E-state index contributed by atoms with van der Waals surface area (Å²) in [5, 5.41) is 3.39. The van der Waals surface area contributed by atoms with Crippen LogP contribution in [0.25, 0.3) is 0 Å². The fourth-order valence-corrected chi connectivity index (χ4v) is 2.01. The van der Waals surface area contributed by atoms with E-state index in [4.69, 9.17) is 4.74 Å². The first-order valence-electron chi connectivity index (χ1n) is 8.40. The maximum Gasteiger partial charge on any atom is 0.218 e. The van der Waals surface area contributed by atoms with E-state index in [2.05, 4.69) is 43.0 Å². The lowest BCUT2D eigenvalue weighted by molar-refractivity contribution is 0.296. The molecule has 1 rings (SSSR count). The Morgan fingerprint density at radius 2 is 1.86 bits per heavy atom. The van der Waals surface area contributed by atoms with Gasteiger partial charge in [0, 0.05) is 19.0 Å². The molecule has 0 aliphatic heterocycles. The summed E-state index contributed by atoms with van der Waals surface area (Å²) in [6, 6.07) is 1.92. The lowest BCUT2D eigenvalue weighted by atomic mass is 10.1. The van der Waals surface area contributed by atoms with E-state index in [0.29, 0.717) is 11.8 Å². The van der Waals surface area contributed by atoms with E-state index in [1.165, 1.54) is 19.3 Å². The van der Waals surface area contributed by atoms with Crippen LogP contribution in [0.5, 0.6) is 5.88 Å². The Morgan fingerprint density at radius 3 is 2.52 bits per heavy atom. The summed E-state index contributed by atoms with van der Waals surface area (Å²) < 4.78 is 5.75. The number of ether oxygens (including phenoxy) is 1. The van der Waals surface area contributed by atoms with E-state index in [-0.39, 0.29) is 0 Å². The molecule has 1 aromatic heterocycles. The number of unbranched alkanes of at least 4 members (excludes halogenated alkanes) is 3. The van der Waals surface area contributed by atoms with Crippen molar-refractivity contribution in [2.75, 3.05) is 18.5 Å². The van der Waals surface area contributed by atoms with Crippen molar-refractivity contribution < 1.29 is 4.74 Å². The van der Waals surface area contributed by atoms with Crippen LogP contribution in [-0.4, -0.2) is 23.1 Å². The SMILES string of the molecule is CCCCCNc1cc(OCCCC)nc(CC(C)C)n1. The van der Waals surface area contributed by atoms with Crippen LogP contribution in [-0.2, 0) is 6.42 Å². The van der Waals surface area contributed by atoms with Crippen molar-refractivity contribution in [3.8, 4) is 5.88 Å². The Balaban J connectivity index is 2.67. The van der Waals surface area contributed by atoms with Crippen LogP contribution in [0.2, 0.25) is 0 Å². The monoisotopic (exact) mass is 293 g/mol. The van der Waals surface area contributed by atoms with Gasteiger partial charge in [0.15, 0.2) is 0 Å². The molecule has 1 N–H and O–H groups in total. The van der Waals surface area contributed by atoms with Gasteiger partial charge in [-0.15, -0.1) is 0 Å². The molecule has 4 heteroatoms. The molecule has 0 fully saturated rings. The quantitative estimate of drug-likeness (QED) is 0.612. The Hall–Kier alpha value is -1.32. The van der Waals surface area contributed by atoms with E-state index in [1.807, 2.05) is 6.07 Å². The summed E-state index contributed by atoms with van der Waals surface area (Å²) >= 11 is 0. The summed E-state index contributed by atoms with van der Waals surface area (Å²) in [5.74, 6) is 3.01. The normalized spacial score (nSPS) is 10.9. The van der Waals surface area contributed by atoms with Gasteiger partial charge in [-0.05, 0) is 18.8 Å². The van der Waals surface area contributed by atoms with Crippen LogP contribution < -0.4 is 10.1 Å². The van der Waals surface area contributed by atoms with E-state index >= 15 is 0 Å². The second-order valence-corrected chi connectivity index (χ2v) is 5.94. The topological polar surface area (TPSA) is 47.0 Å². The summed E-state index contributed by atoms with van der Waals surface area (Å²) in [6.07, 6.45) is 6.72. The zero-order valence-electron chi connectivity index (χ0n) is 14.1. The molecule has 0 unspecified atom stereocenters. The molecular weight excluding hydrogens is 262 g/mol. The van der Waals surface area contributed by atoms with Gasteiger partial charge >= 0.3 is 0 Å². The van der Waals surface area contributed by atoms with Gasteiger partial charge in [0.1, 0.15) is 11.6 Å². The van der Waals surface area contributed by atoms with Crippen LogP contribution in [0.1, 0.15) is 65.6 Å². The number of anilines is 1. The van der Waals surface area contributed by atoms with Crippen molar-refractivity contribution in [2.45, 2.75) is 66.2 Å². The molecule has 1 aromatic rings. The number of nitrogens with one attached hydrogen (secondary N) is 1. The Morgan fingerprint density at radius 1 is 1.10 bits per heavy atom. The maximum absolute atomic E-state index is 5.75. The third kappa shape index (κ3) is 7.88. The number of aromatic nitrogens is 2. The van der Waals surface area contributed by atoms with Crippen LogP contribution in [0.3, 0.4) is 0 Å². The molecule has 21 heavy (non-hydrogen) atoms. The Kier molecular flexibility index (Phi) is 8.79. The summed E-state index contributed by atoms with van der Waals surface area (Å²) in [6.45, 7) is 10.4. The maximum atomic E-state index is 5.75. The molecule has 0 radical (unpaired) electrons. The average molecular weight is 293 g/mol. The minimum Gasteiger partial charge on any atom is -0.478 e. The van der Waals surface area contributed by atoms with Crippen molar-refractivity contribution >= 4 is 5.82 Å². The molecule has 1 heterocycles. The smallest absolute Gasteiger partial charge is 0.218 e. The molecular formula is C17H31N3O. The van der Waals surface area contributed by atoms with Gasteiger partial charge in [-0.25, -0.2) is 4.98 Å². The molecule has 120 valence electrons. The molecule has 4 nitrogen and oxygen atoms in total. The molecule has 0 spiro atoms. The highest BCUT2D eigenvalue weighted by atomic mass is 16.5. The van der Waals surface area contributed by atoms with Gasteiger partial charge in [0.25, 0.3) is 0 Å². The summed E-state index contributed by atoms with van der Waals surface area (Å²) in [5.41, 5.74) is 0. The van der Waals surface area contributed by atoms with Crippen LogP contribution in [0.4, 0.5) is 5.82 Å². The van der Waals surface area contributed by atoms with Crippen LogP contribution in [0, 0.1) is 5.92 Å². The van der Waals surface area contributed by atoms with Crippen molar-refractivity contribution in [2.24, 2.45) is 5.92 Å². The first-order valence-corrected chi connectivity index (χ1v) is 8.40. The zero-order valence-corrected chi connectivity index (χ0v) is 14.1. The van der Waals surface area contributed by atoms with Gasteiger partial charge < -0.3 is 10.1 Å². The highest BCUT2D eigenvalue weighted by molar-refractivity contribution is 5.38. The predicted molar refractivity (Wildman–Crippen MR) is 89.0 cm³/mol. The number of nitrogens with zero attached hydrogens (tertiary/aromatic N) is 2. The third-order valence-electron chi connectivity index (χ3n) is 3.17. The van der Waals surface area contributed by atoms with E-state index in [0.717, 1.165) is 44.1 Å². The van der Waals surface area contributed by atoms with E-state index in [9.17, 15) is 0 Å². The zero-order chi connectivity index (χ0) is 15.5. The minimum absolute atomic E-state index is 0.545. The minimum atomic E-state index is 0.545. The van der Waals surface area contributed by atoms with Gasteiger partial charge in [-0.3, -0.25) is 0 Å². The standard InChI is InChI=1S/C17H31N3O/c1-5-7-9-10-18-15-13-17(21-11-8-6-2)20-16(19-15)12-14(3)4/h13-14H,5-12H2,1-4H3,(H,18,19,20). The van der Waals surface area contributed by atoms with E-state index in [1.54, 1.807) is 0 Å². The lowest BCUT2D eigenvalue weighted by Crippen LogP contribution is -2.09. The molecule has 0 saturated carbocycles. The number of hydrogen-bond donors (Lipinski definition) is 1. The Labute approximate surface area is 129 Å². The molecule has 0 atom stereocenters. The number of hydrogen-bond acceptors (Lipinski definition) is 4. The number of rotatable bonds is 11. The Bertz CT molecular complexity index is 394. The van der Waals surface area contributed by atoms with Gasteiger partial charge in [-0.1, -0.05) is 47.0 Å². The van der Waals surface area contributed by atoms with Crippen molar-refractivity contribution in [1.82, 2.24) is 9.97 Å². The first kappa shape index (κ1) is 17.7. The highest BCUT2D eigenvalue weighted by Crippen LogP contribution is 2.16. The largest absolute Gasteiger partial charge is 0.478 e. The fraction of sp³-hybridized carbons (Fsp3) is 0.765. The van der Waals surface area contributed by atoms with Gasteiger partial charge in [-0.2, -0.15) is 4.98 Å². The van der Waals surface area contributed by atoms with Crippen LogP contribution in [0.15, 0.2) is 6.07 Å². The molecule has 0 amide bonds. The fourth-order valence-electron chi connectivity index (χ4n) is 2.01. The molecule has 0 saturated heterocycles. The molecule has 0 aliphatic carbocycles. The van der Waals surface area contributed by atoms with Crippen molar-refractivity contribution in [3.05, 3.63) is 11.9 Å². The second-order valence-electron chi connectivity index (χ2n) is 5.94. The first-order chi connectivity index (χ1) is 10.2. The lowest BCUT2D eigenvalue weighted by Gasteiger charge is -2.11. The van der Waals surface area contributed by atoms with Crippen LogP contribution >= 0.6 is 0 Å². The van der Waals surface area contributed by atoms with Gasteiger partial charge in [0.05, 0.1) is 6.61 Å². The van der Waals surface area contributed by atoms with Crippen molar-refractivity contribution in [3.63, 3.8) is 0 Å². The molecule has 0 aliphatic rings. The van der Waals surface area contributed by atoms with E-state index < -0.39 is 0 Å². The second kappa shape index (κ2) is 10.4. The molecule has 0 bridgehead atoms. The summed E-state index contributed by atoms with van der Waals surface area (Å²) in [4.78, 5) is 9.11. The van der Waals surface area contributed by atoms with Gasteiger partial charge in [0.2, 0.25) is 5.88 Å². The average Bonchev–Trinajstić information content (AvgIpc) is 2.43. The third-order valence-corrected chi connectivity index (χ3v) is 3.17.